The largest absolute Gasteiger partial charge is 0.325 e. The zero-order valence-electron chi connectivity index (χ0n) is 10.5. The van der Waals surface area contributed by atoms with Crippen LogP contribution in [0.25, 0.3) is 0 Å². The lowest BCUT2D eigenvalue weighted by Gasteiger charge is -2.18. The number of rotatable bonds is 1. The lowest BCUT2D eigenvalue weighted by Crippen LogP contribution is -2.27. The van der Waals surface area contributed by atoms with Gasteiger partial charge in [0.15, 0.2) is 0 Å². The van der Waals surface area contributed by atoms with E-state index < -0.39 is 0 Å². The third-order valence-electron chi connectivity index (χ3n) is 3.27. The van der Waals surface area contributed by atoms with Crippen molar-refractivity contribution in [2.45, 2.75) is 6.04 Å². The Morgan fingerprint density at radius 3 is 2.65 bits per heavy atom. The molecule has 1 heterocycles. The van der Waals surface area contributed by atoms with Crippen LogP contribution in [0.1, 0.15) is 17.2 Å². The van der Waals surface area contributed by atoms with Gasteiger partial charge in [-0.05, 0) is 41.5 Å². The Bertz CT molecular complexity index is 657. The summed E-state index contributed by atoms with van der Waals surface area (Å²) in [6.07, 6.45) is 0. The van der Waals surface area contributed by atoms with Crippen molar-refractivity contribution in [2.24, 2.45) is 0 Å². The van der Waals surface area contributed by atoms with E-state index in [2.05, 4.69) is 26.6 Å². The minimum atomic E-state index is -0.272. The molecular formula is C15H12BrFN2O. The van der Waals surface area contributed by atoms with Gasteiger partial charge in [-0.1, -0.05) is 28.1 Å². The van der Waals surface area contributed by atoms with E-state index in [1.807, 2.05) is 18.2 Å². The molecule has 0 unspecified atom stereocenters. The molecule has 0 aliphatic carbocycles. The van der Waals surface area contributed by atoms with Crippen LogP contribution in [0.5, 0.6) is 0 Å². The van der Waals surface area contributed by atoms with Gasteiger partial charge in [-0.15, -0.1) is 0 Å². The van der Waals surface area contributed by atoms with Gasteiger partial charge in [-0.3, -0.25) is 10.1 Å². The maximum atomic E-state index is 13.1. The molecule has 1 atom stereocenters. The first kappa shape index (κ1) is 13.3. The minimum Gasteiger partial charge on any atom is -0.325 e. The zero-order valence-corrected chi connectivity index (χ0v) is 12.1. The molecule has 0 saturated carbocycles. The van der Waals surface area contributed by atoms with Gasteiger partial charge in [0.2, 0.25) is 5.91 Å². The number of hydrogen-bond donors (Lipinski definition) is 2. The van der Waals surface area contributed by atoms with E-state index in [9.17, 15) is 9.18 Å². The molecule has 2 N–H and O–H groups in total. The van der Waals surface area contributed by atoms with E-state index in [1.54, 1.807) is 12.1 Å². The Kier molecular flexibility index (Phi) is 3.54. The highest BCUT2D eigenvalue weighted by Gasteiger charge is 2.23. The Morgan fingerprint density at radius 2 is 1.90 bits per heavy atom. The fraction of sp³-hybridized carbons (Fsp3) is 0.133. The number of nitrogens with one attached hydrogen (secondary N) is 2. The first-order valence-corrected chi connectivity index (χ1v) is 7.01. The molecule has 2 aromatic rings. The van der Waals surface area contributed by atoms with Crippen molar-refractivity contribution in [2.75, 3.05) is 11.9 Å². The molecule has 3 nitrogen and oxygen atoms in total. The van der Waals surface area contributed by atoms with E-state index >= 15 is 0 Å². The Labute approximate surface area is 124 Å². The SMILES string of the molecule is O=C1CN[C@H](c2ccc(F)cc2)c2cc(Br)ccc2N1. The molecule has 2 aromatic carbocycles. The van der Waals surface area contributed by atoms with Gasteiger partial charge in [0.25, 0.3) is 0 Å². The summed E-state index contributed by atoms with van der Waals surface area (Å²) in [5.41, 5.74) is 2.65. The number of fused-ring (bicyclic) bond motifs is 1. The average molecular weight is 335 g/mol. The van der Waals surface area contributed by atoms with Crippen LogP contribution in [0.3, 0.4) is 0 Å². The normalized spacial score (nSPS) is 18.1. The molecular weight excluding hydrogens is 323 g/mol. The molecule has 20 heavy (non-hydrogen) atoms. The third kappa shape index (κ3) is 2.59. The summed E-state index contributed by atoms with van der Waals surface area (Å²) in [4.78, 5) is 11.7. The Morgan fingerprint density at radius 1 is 1.15 bits per heavy atom. The number of amides is 1. The van der Waals surface area contributed by atoms with Crippen LogP contribution in [0.4, 0.5) is 10.1 Å². The second-order valence-electron chi connectivity index (χ2n) is 4.65. The summed E-state index contributed by atoms with van der Waals surface area (Å²) in [6, 6.07) is 11.9. The highest BCUT2D eigenvalue weighted by Crippen LogP contribution is 2.32. The molecule has 0 spiro atoms. The smallest absolute Gasteiger partial charge is 0.238 e. The van der Waals surface area contributed by atoms with Crippen LogP contribution in [-0.2, 0) is 4.79 Å². The molecule has 0 bridgehead atoms. The Hall–Kier alpha value is -1.72. The summed E-state index contributed by atoms with van der Waals surface area (Å²) in [6.45, 7) is 0.217. The third-order valence-corrected chi connectivity index (χ3v) is 3.76. The molecule has 3 rings (SSSR count). The zero-order chi connectivity index (χ0) is 14.1. The van der Waals surface area contributed by atoms with Crippen molar-refractivity contribution >= 4 is 27.5 Å². The maximum Gasteiger partial charge on any atom is 0.238 e. The van der Waals surface area contributed by atoms with Gasteiger partial charge < -0.3 is 5.32 Å². The Balaban J connectivity index is 2.09. The molecule has 0 fully saturated rings. The quantitative estimate of drug-likeness (QED) is 0.840. The van der Waals surface area contributed by atoms with Crippen molar-refractivity contribution in [1.82, 2.24) is 5.32 Å². The van der Waals surface area contributed by atoms with Gasteiger partial charge in [0.1, 0.15) is 5.82 Å². The average Bonchev–Trinajstić information content (AvgIpc) is 2.58. The predicted octanol–water partition coefficient (Wildman–Crippen LogP) is 3.22. The summed E-state index contributed by atoms with van der Waals surface area (Å²) >= 11 is 3.44. The van der Waals surface area contributed by atoms with E-state index in [4.69, 9.17) is 0 Å². The predicted molar refractivity (Wildman–Crippen MR) is 79.0 cm³/mol. The monoisotopic (exact) mass is 334 g/mol. The lowest BCUT2D eigenvalue weighted by atomic mass is 9.97. The van der Waals surface area contributed by atoms with Crippen LogP contribution in [0.2, 0.25) is 0 Å². The number of hydrogen-bond acceptors (Lipinski definition) is 2. The van der Waals surface area contributed by atoms with Gasteiger partial charge >= 0.3 is 0 Å². The molecule has 0 saturated heterocycles. The standard InChI is InChI=1S/C15H12BrFN2O/c16-10-3-6-13-12(7-10)15(18-8-14(20)19-13)9-1-4-11(17)5-2-9/h1-7,15,18H,8H2,(H,19,20)/t15-/m1/s1. The second-order valence-corrected chi connectivity index (χ2v) is 5.56. The number of carbonyl (C=O) groups is 1. The van der Waals surface area contributed by atoms with Crippen LogP contribution in [0.15, 0.2) is 46.9 Å². The van der Waals surface area contributed by atoms with Gasteiger partial charge in [0.05, 0.1) is 12.6 Å². The molecule has 0 radical (unpaired) electrons. The van der Waals surface area contributed by atoms with Crippen molar-refractivity contribution < 1.29 is 9.18 Å². The topological polar surface area (TPSA) is 41.1 Å². The molecule has 1 aliphatic heterocycles. The summed E-state index contributed by atoms with van der Waals surface area (Å²) < 4.78 is 14.0. The highest BCUT2D eigenvalue weighted by molar-refractivity contribution is 9.10. The van der Waals surface area contributed by atoms with Crippen molar-refractivity contribution in [3.63, 3.8) is 0 Å². The maximum absolute atomic E-state index is 13.1. The van der Waals surface area contributed by atoms with Gasteiger partial charge in [-0.25, -0.2) is 4.39 Å². The van der Waals surface area contributed by atoms with Gasteiger partial charge in [-0.2, -0.15) is 0 Å². The van der Waals surface area contributed by atoms with Gasteiger partial charge in [0, 0.05) is 10.2 Å². The summed E-state index contributed by atoms with van der Waals surface area (Å²) in [5.74, 6) is -0.357. The van der Waals surface area contributed by atoms with Crippen LogP contribution in [-0.4, -0.2) is 12.5 Å². The number of halogens is 2. The first-order chi connectivity index (χ1) is 9.63. The molecule has 0 aromatic heterocycles. The van der Waals surface area contributed by atoms with Crippen LogP contribution >= 0.6 is 15.9 Å². The lowest BCUT2D eigenvalue weighted by molar-refractivity contribution is -0.115. The minimum absolute atomic E-state index is 0.0850. The van der Waals surface area contributed by atoms with E-state index in [0.29, 0.717) is 0 Å². The summed E-state index contributed by atoms with van der Waals surface area (Å²) in [5, 5.41) is 6.06. The first-order valence-electron chi connectivity index (χ1n) is 6.21. The van der Waals surface area contributed by atoms with Crippen molar-refractivity contribution in [3.8, 4) is 0 Å². The number of anilines is 1. The van der Waals surface area contributed by atoms with E-state index in [1.165, 1.54) is 12.1 Å². The molecule has 5 heteroatoms. The highest BCUT2D eigenvalue weighted by atomic mass is 79.9. The van der Waals surface area contributed by atoms with Crippen LogP contribution < -0.4 is 10.6 Å². The van der Waals surface area contributed by atoms with Crippen molar-refractivity contribution in [1.29, 1.82) is 0 Å². The molecule has 1 aliphatic rings. The van der Waals surface area contributed by atoms with Crippen LogP contribution in [0, 0.1) is 5.82 Å². The second kappa shape index (κ2) is 5.34. The fourth-order valence-electron chi connectivity index (χ4n) is 2.34. The fourth-order valence-corrected chi connectivity index (χ4v) is 2.72. The molecule has 102 valence electrons. The van der Waals surface area contributed by atoms with E-state index in [-0.39, 0.29) is 24.3 Å². The number of benzene rings is 2. The number of carbonyl (C=O) groups excluding carboxylic acids is 1. The van der Waals surface area contributed by atoms with E-state index in [0.717, 1.165) is 21.3 Å². The summed E-state index contributed by atoms with van der Waals surface area (Å²) in [7, 11) is 0. The molecule has 1 amide bonds. The van der Waals surface area contributed by atoms with Crippen molar-refractivity contribution in [3.05, 3.63) is 63.9 Å².